The quantitative estimate of drug-likeness (QED) is 0.570. The van der Waals surface area contributed by atoms with Crippen LogP contribution in [0, 0.1) is 0 Å². The number of benzene rings is 1. The van der Waals surface area contributed by atoms with E-state index in [0.717, 1.165) is 5.69 Å². The van der Waals surface area contributed by atoms with E-state index < -0.39 is 5.37 Å². The lowest BCUT2D eigenvalue weighted by atomic mass is 10.0. The molecule has 1 aromatic carbocycles. The molecule has 0 unspecified atom stereocenters. The predicted octanol–water partition coefficient (Wildman–Crippen LogP) is 3.58. The van der Waals surface area contributed by atoms with Gasteiger partial charge in [-0.15, -0.1) is 0 Å². The van der Waals surface area contributed by atoms with Crippen LogP contribution in [0.15, 0.2) is 24.3 Å². The molecule has 0 saturated heterocycles. The van der Waals surface area contributed by atoms with E-state index in [9.17, 15) is 4.79 Å². The highest BCUT2D eigenvalue weighted by molar-refractivity contribution is 6.65. The summed E-state index contributed by atoms with van der Waals surface area (Å²) in [6.07, 6.45) is 0. The largest absolute Gasteiger partial charge is 0.318 e. The highest BCUT2D eigenvalue weighted by Gasteiger charge is 1.99. The van der Waals surface area contributed by atoms with E-state index in [0.29, 0.717) is 5.92 Å². The Morgan fingerprint density at radius 2 is 1.85 bits per heavy atom. The van der Waals surface area contributed by atoms with Crippen LogP contribution >= 0.6 is 11.6 Å². The summed E-state index contributed by atoms with van der Waals surface area (Å²) in [6.45, 7) is 4.24. The Morgan fingerprint density at radius 1 is 1.31 bits per heavy atom. The third-order valence-corrected chi connectivity index (χ3v) is 1.91. The fraction of sp³-hybridized carbons (Fsp3) is 0.300. The summed E-state index contributed by atoms with van der Waals surface area (Å²) in [4.78, 5) is 10.5. The molecular weight excluding hydrogens is 186 g/mol. The van der Waals surface area contributed by atoms with Crippen LogP contribution in [0.3, 0.4) is 0 Å². The maximum absolute atomic E-state index is 10.5. The minimum Gasteiger partial charge on any atom is -0.312 e. The highest BCUT2D eigenvalue weighted by Crippen LogP contribution is 2.17. The van der Waals surface area contributed by atoms with Gasteiger partial charge < -0.3 is 5.32 Å². The van der Waals surface area contributed by atoms with Gasteiger partial charge in [-0.05, 0) is 35.2 Å². The minimum atomic E-state index is -0.558. The van der Waals surface area contributed by atoms with Crippen molar-refractivity contribution in [1.82, 2.24) is 0 Å². The number of hydrogen-bond donors (Lipinski definition) is 1. The molecule has 0 aliphatic rings. The van der Waals surface area contributed by atoms with Crippen LogP contribution in [-0.4, -0.2) is 5.37 Å². The topological polar surface area (TPSA) is 29.1 Å². The summed E-state index contributed by atoms with van der Waals surface area (Å²) in [6, 6.07) is 7.64. The van der Waals surface area contributed by atoms with Crippen LogP contribution < -0.4 is 5.32 Å². The molecule has 0 fully saturated rings. The Labute approximate surface area is 82.9 Å². The number of halogens is 1. The fourth-order valence-corrected chi connectivity index (χ4v) is 1.17. The highest BCUT2D eigenvalue weighted by atomic mass is 35.5. The first-order valence-corrected chi connectivity index (χ1v) is 4.54. The normalized spacial score (nSPS) is 10.2. The summed E-state index contributed by atoms with van der Waals surface area (Å²) in [5, 5.41) is 1.94. The first kappa shape index (κ1) is 10.1. The van der Waals surface area contributed by atoms with E-state index in [-0.39, 0.29) is 0 Å². The molecule has 0 aromatic heterocycles. The Kier molecular flexibility index (Phi) is 3.32. The van der Waals surface area contributed by atoms with Gasteiger partial charge in [0.15, 0.2) is 0 Å². The third-order valence-electron chi connectivity index (χ3n) is 1.82. The van der Waals surface area contributed by atoms with E-state index in [4.69, 9.17) is 11.6 Å². The SMILES string of the molecule is CC(C)c1ccc(NC(=O)Cl)cc1. The van der Waals surface area contributed by atoms with Gasteiger partial charge in [0, 0.05) is 5.69 Å². The standard InChI is InChI=1S/C10H12ClNO/c1-7(2)8-3-5-9(6-4-8)12-10(11)13/h3-7H,1-2H3,(H,12,13). The lowest BCUT2D eigenvalue weighted by Crippen LogP contribution is -2.00. The maximum atomic E-state index is 10.5. The van der Waals surface area contributed by atoms with Gasteiger partial charge >= 0.3 is 5.37 Å². The molecule has 1 N–H and O–H groups in total. The zero-order chi connectivity index (χ0) is 9.84. The summed E-state index contributed by atoms with van der Waals surface area (Å²) >= 11 is 5.16. The van der Waals surface area contributed by atoms with Gasteiger partial charge in [0.2, 0.25) is 0 Å². The van der Waals surface area contributed by atoms with Crippen LogP contribution in [-0.2, 0) is 0 Å². The first-order valence-electron chi connectivity index (χ1n) is 4.16. The first-order chi connectivity index (χ1) is 6.09. The molecule has 3 heteroatoms. The van der Waals surface area contributed by atoms with Crippen LogP contribution in [0.2, 0.25) is 0 Å². The average Bonchev–Trinajstić information content (AvgIpc) is 2.04. The third kappa shape index (κ3) is 3.07. The lowest BCUT2D eigenvalue weighted by Gasteiger charge is -2.06. The Hall–Kier alpha value is -1.02. The number of amides is 1. The number of anilines is 1. The number of carbonyl (C=O) groups excluding carboxylic acids is 1. The van der Waals surface area contributed by atoms with Crippen molar-refractivity contribution in [3.05, 3.63) is 29.8 Å². The molecule has 0 aliphatic heterocycles. The molecule has 0 saturated carbocycles. The van der Waals surface area contributed by atoms with Gasteiger partial charge in [0.1, 0.15) is 0 Å². The molecule has 13 heavy (non-hydrogen) atoms. The van der Waals surface area contributed by atoms with Crippen molar-refractivity contribution in [1.29, 1.82) is 0 Å². The van der Waals surface area contributed by atoms with E-state index in [2.05, 4.69) is 19.2 Å². The smallest absolute Gasteiger partial charge is 0.312 e. The van der Waals surface area contributed by atoms with E-state index in [1.54, 1.807) is 0 Å². The van der Waals surface area contributed by atoms with Crippen LogP contribution in [0.25, 0.3) is 0 Å². The van der Waals surface area contributed by atoms with Gasteiger partial charge in [0.05, 0.1) is 0 Å². The minimum absolute atomic E-state index is 0.501. The second-order valence-corrected chi connectivity index (χ2v) is 3.52. The van der Waals surface area contributed by atoms with Crippen molar-refractivity contribution >= 4 is 22.7 Å². The van der Waals surface area contributed by atoms with Gasteiger partial charge in [-0.25, -0.2) is 0 Å². The van der Waals surface area contributed by atoms with Crippen LogP contribution in [0.1, 0.15) is 25.3 Å². The van der Waals surface area contributed by atoms with Crippen molar-refractivity contribution in [2.24, 2.45) is 0 Å². The molecule has 0 bridgehead atoms. The second kappa shape index (κ2) is 4.28. The van der Waals surface area contributed by atoms with Gasteiger partial charge in [0.25, 0.3) is 0 Å². The van der Waals surface area contributed by atoms with Crippen molar-refractivity contribution in [2.75, 3.05) is 5.32 Å². The zero-order valence-electron chi connectivity index (χ0n) is 7.67. The summed E-state index contributed by atoms with van der Waals surface area (Å²) in [7, 11) is 0. The van der Waals surface area contributed by atoms with E-state index in [1.807, 2.05) is 24.3 Å². The predicted molar refractivity (Wildman–Crippen MR) is 55.4 cm³/mol. The van der Waals surface area contributed by atoms with E-state index >= 15 is 0 Å². The summed E-state index contributed by atoms with van der Waals surface area (Å²) in [5.74, 6) is 0.501. The molecule has 0 radical (unpaired) electrons. The number of rotatable bonds is 2. The second-order valence-electron chi connectivity index (χ2n) is 3.18. The molecule has 0 heterocycles. The maximum Gasteiger partial charge on any atom is 0.318 e. The van der Waals surface area contributed by atoms with E-state index in [1.165, 1.54) is 5.56 Å². The molecule has 1 amide bonds. The lowest BCUT2D eigenvalue weighted by molar-refractivity contribution is 0.269. The van der Waals surface area contributed by atoms with Crippen molar-refractivity contribution in [3.8, 4) is 0 Å². The number of carbonyl (C=O) groups is 1. The van der Waals surface area contributed by atoms with Crippen LogP contribution in [0.4, 0.5) is 10.5 Å². The van der Waals surface area contributed by atoms with Crippen molar-refractivity contribution in [3.63, 3.8) is 0 Å². The molecule has 0 atom stereocenters. The van der Waals surface area contributed by atoms with Crippen LogP contribution in [0.5, 0.6) is 0 Å². The van der Waals surface area contributed by atoms with Crippen molar-refractivity contribution < 1.29 is 4.79 Å². The fourth-order valence-electron chi connectivity index (χ4n) is 1.06. The summed E-state index contributed by atoms with van der Waals surface area (Å²) in [5.41, 5.74) is 1.97. The Morgan fingerprint density at radius 3 is 2.23 bits per heavy atom. The molecule has 0 spiro atoms. The molecule has 1 aromatic rings. The number of nitrogens with one attached hydrogen (secondary N) is 1. The van der Waals surface area contributed by atoms with Crippen molar-refractivity contribution in [2.45, 2.75) is 19.8 Å². The Bertz CT molecular complexity index is 292. The molecular formula is C10H12ClNO. The number of hydrogen-bond acceptors (Lipinski definition) is 1. The molecule has 70 valence electrons. The molecule has 2 nitrogen and oxygen atoms in total. The molecule has 0 aliphatic carbocycles. The zero-order valence-corrected chi connectivity index (χ0v) is 8.43. The van der Waals surface area contributed by atoms with Gasteiger partial charge in [-0.2, -0.15) is 0 Å². The van der Waals surface area contributed by atoms with Gasteiger partial charge in [-0.3, -0.25) is 4.79 Å². The van der Waals surface area contributed by atoms with Gasteiger partial charge in [-0.1, -0.05) is 26.0 Å². The summed E-state index contributed by atoms with van der Waals surface area (Å²) < 4.78 is 0. The average molecular weight is 198 g/mol. The Balaban J connectivity index is 2.75. The molecule has 1 rings (SSSR count). The monoisotopic (exact) mass is 197 g/mol.